The van der Waals surface area contributed by atoms with Crippen LogP contribution >= 0.6 is 0 Å². The maximum atomic E-state index is 4.80. The molecule has 1 aromatic carbocycles. The first-order chi connectivity index (χ1) is 11.6. The number of aryl methyl sites for hydroxylation is 2. The normalized spacial score (nSPS) is 10.4. The first-order valence-corrected chi connectivity index (χ1v) is 7.81. The highest BCUT2D eigenvalue weighted by atomic mass is 14.9. The molecule has 2 heterocycles. The van der Waals surface area contributed by atoms with Gasteiger partial charge in [0.1, 0.15) is 5.69 Å². The minimum absolute atomic E-state index is 0.602. The molecule has 0 amide bonds. The SMILES string of the molecule is C=Cc1nc(-c2ccc(C)c(-c3ccccc3)n2)nc(C)c1C=C. The topological polar surface area (TPSA) is 38.7 Å². The summed E-state index contributed by atoms with van der Waals surface area (Å²) in [5, 5.41) is 0. The van der Waals surface area contributed by atoms with Crippen LogP contribution in [0.3, 0.4) is 0 Å². The number of rotatable bonds is 4. The number of hydrogen-bond donors (Lipinski definition) is 0. The summed E-state index contributed by atoms with van der Waals surface area (Å²) in [7, 11) is 0. The van der Waals surface area contributed by atoms with Crippen molar-refractivity contribution < 1.29 is 0 Å². The number of aromatic nitrogens is 3. The molecule has 0 N–H and O–H groups in total. The Kier molecular flexibility index (Phi) is 4.34. The Bertz CT molecular complexity index is 912. The summed E-state index contributed by atoms with van der Waals surface area (Å²) >= 11 is 0. The highest BCUT2D eigenvalue weighted by Crippen LogP contribution is 2.25. The molecule has 3 aromatic rings. The molecule has 3 heteroatoms. The Morgan fingerprint density at radius 1 is 0.833 bits per heavy atom. The van der Waals surface area contributed by atoms with Crippen molar-refractivity contribution in [1.82, 2.24) is 15.0 Å². The quantitative estimate of drug-likeness (QED) is 0.672. The Morgan fingerprint density at radius 2 is 1.58 bits per heavy atom. The van der Waals surface area contributed by atoms with Crippen LogP contribution in [-0.4, -0.2) is 15.0 Å². The fourth-order valence-corrected chi connectivity index (χ4v) is 2.67. The molecule has 0 aliphatic carbocycles. The second kappa shape index (κ2) is 6.59. The fraction of sp³-hybridized carbons (Fsp3) is 0.0952. The van der Waals surface area contributed by atoms with Gasteiger partial charge in [-0.05, 0) is 31.6 Å². The van der Waals surface area contributed by atoms with E-state index >= 15 is 0 Å². The predicted octanol–water partition coefficient (Wildman–Crippen LogP) is 5.11. The molecule has 0 aliphatic heterocycles. The average Bonchev–Trinajstić information content (AvgIpc) is 2.62. The molecule has 0 radical (unpaired) electrons. The van der Waals surface area contributed by atoms with Crippen LogP contribution in [-0.2, 0) is 0 Å². The second-order valence-corrected chi connectivity index (χ2v) is 5.57. The highest BCUT2D eigenvalue weighted by molar-refractivity contribution is 5.68. The van der Waals surface area contributed by atoms with E-state index in [2.05, 4.69) is 48.2 Å². The van der Waals surface area contributed by atoms with E-state index in [-0.39, 0.29) is 0 Å². The van der Waals surface area contributed by atoms with Gasteiger partial charge in [-0.15, -0.1) is 0 Å². The van der Waals surface area contributed by atoms with Crippen molar-refractivity contribution in [2.24, 2.45) is 0 Å². The summed E-state index contributed by atoms with van der Waals surface area (Å²) in [6.45, 7) is 11.7. The van der Waals surface area contributed by atoms with Gasteiger partial charge < -0.3 is 0 Å². The Morgan fingerprint density at radius 3 is 2.25 bits per heavy atom. The standard InChI is InChI=1S/C21H19N3/c1-5-17-15(4)22-21(24-18(17)6-2)19-13-12-14(3)20(23-19)16-10-8-7-9-11-16/h5-13H,1-2H2,3-4H3. The Hall–Kier alpha value is -3.07. The molecule has 0 unspecified atom stereocenters. The molecule has 3 rings (SSSR count). The fourth-order valence-electron chi connectivity index (χ4n) is 2.67. The van der Waals surface area contributed by atoms with E-state index in [1.54, 1.807) is 12.2 Å². The van der Waals surface area contributed by atoms with Crippen LogP contribution in [0, 0.1) is 13.8 Å². The second-order valence-electron chi connectivity index (χ2n) is 5.57. The first-order valence-electron chi connectivity index (χ1n) is 7.81. The molecule has 0 saturated carbocycles. The van der Waals surface area contributed by atoms with Crippen LogP contribution in [0.4, 0.5) is 0 Å². The third-order valence-corrected chi connectivity index (χ3v) is 3.94. The maximum absolute atomic E-state index is 4.80. The molecule has 3 nitrogen and oxygen atoms in total. The minimum atomic E-state index is 0.602. The van der Waals surface area contributed by atoms with Gasteiger partial charge in [0.05, 0.1) is 11.4 Å². The number of hydrogen-bond acceptors (Lipinski definition) is 3. The van der Waals surface area contributed by atoms with Crippen molar-refractivity contribution in [3.8, 4) is 22.8 Å². The van der Waals surface area contributed by atoms with Gasteiger partial charge in [0.25, 0.3) is 0 Å². The summed E-state index contributed by atoms with van der Waals surface area (Å²) in [6.07, 6.45) is 3.48. The van der Waals surface area contributed by atoms with Crippen LogP contribution in [0.2, 0.25) is 0 Å². The third kappa shape index (κ3) is 2.88. The average molecular weight is 313 g/mol. The largest absolute Gasteiger partial charge is 0.244 e. The van der Waals surface area contributed by atoms with Crippen molar-refractivity contribution >= 4 is 12.2 Å². The van der Waals surface area contributed by atoms with E-state index in [1.165, 1.54) is 0 Å². The van der Waals surface area contributed by atoms with Gasteiger partial charge in [0.15, 0.2) is 5.82 Å². The van der Waals surface area contributed by atoms with Gasteiger partial charge in [0.2, 0.25) is 0 Å². The molecule has 0 fully saturated rings. The Balaban J connectivity index is 2.16. The molecule has 2 aromatic heterocycles. The molecule has 0 bridgehead atoms. The van der Waals surface area contributed by atoms with Crippen LogP contribution in [0.5, 0.6) is 0 Å². The van der Waals surface area contributed by atoms with Gasteiger partial charge in [-0.3, -0.25) is 0 Å². The third-order valence-electron chi connectivity index (χ3n) is 3.94. The molecule has 0 saturated heterocycles. The smallest absolute Gasteiger partial charge is 0.178 e. The van der Waals surface area contributed by atoms with Crippen LogP contribution in [0.25, 0.3) is 34.9 Å². The van der Waals surface area contributed by atoms with Crippen molar-refractivity contribution in [2.45, 2.75) is 13.8 Å². The molecule has 118 valence electrons. The van der Waals surface area contributed by atoms with Crippen molar-refractivity contribution in [3.63, 3.8) is 0 Å². The summed E-state index contributed by atoms with van der Waals surface area (Å²) < 4.78 is 0. The van der Waals surface area contributed by atoms with Gasteiger partial charge >= 0.3 is 0 Å². The number of pyridine rings is 1. The summed E-state index contributed by atoms with van der Waals surface area (Å²) in [4.78, 5) is 14.0. The lowest BCUT2D eigenvalue weighted by molar-refractivity contribution is 1.07. The lowest BCUT2D eigenvalue weighted by Gasteiger charge is -2.10. The van der Waals surface area contributed by atoms with Crippen LogP contribution in [0.1, 0.15) is 22.5 Å². The molecule has 0 spiro atoms. The van der Waals surface area contributed by atoms with Gasteiger partial charge in [-0.1, -0.05) is 55.6 Å². The lowest BCUT2D eigenvalue weighted by Crippen LogP contribution is -2.01. The van der Waals surface area contributed by atoms with E-state index in [9.17, 15) is 0 Å². The predicted molar refractivity (Wildman–Crippen MR) is 100 cm³/mol. The minimum Gasteiger partial charge on any atom is -0.244 e. The van der Waals surface area contributed by atoms with Gasteiger partial charge in [0, 0.05) is 16.8 Å². The van der Waals surface area contributed by atoms with Crippen molar-refractivity contribution in [2.75, 3.05) is 0 Å². The summed E-state index contributed by atoms with van der Waals surface area (Å²) in [5.74, 6) is 0.602. The molecular weight excluding hydrogens is 294 g/mol. The van der Waals surface area contributed by atoms with E-state index < -0.39 is 0 Å². The number of benzene rings is 1. The van der Waals surface area contributed by atoms with E-state index in [4.69, 9.17) is 4.98 Å². The molecule has 0 aliphatic rings. The van der Waals surface area contributed by atoms with Crippen molar-refractivity contribution in [3.05, 3.63) is 78.1 Å². The van der Waals surface area contributed by atoms with Gasteiger partial charge in [-0.2, -0.15) is 0 Å². The molecule has 0 atom stereocenters. The van der Waals surface area contributed by atoms with Crippen molar-refractivity contribution in [1.29, 1.82) is 0 Å². The summed E-state index contributed by atoms with van der Waals surface area (Å²) in [5.41, 5.74) is 6.45. The van der Waals surface area contributed by atoms with Crippen LogP contribution < -0.4 is 0 Å². The van der Waals surface area contributed by atoms with E-state index in [0.29, 0.717) is 5.82 Å². The molecular formula is C21H19N3. The van der Waals surface area contributed by atoms with Crippen LogP contribution in [0.15, 0.2) is 55.6 Å². The lowest BCUT2D eigenvalue weighted by atomic mass is 10.1. The first kappa shape index (κ1) is 15.8. The maximum Gasteiger partial charge on any atom is 0.178 e. The van der Waals surface area contributed by atoms with E-state index in [0.717, 1.165) is 39.5 Å². The monoisotopic (exact) mass is 313 g/mol. The van der Waals surface area contributed by atoms with Gasteiger partial charge in [-0.25, -0.2) is 15.0 Å². The highest BCUT2D eigenvalue weighted by Gasteiger charge is 2.12. The zero-order valence-electron chi connectivity index (χ0n) is 14.0. The zero-order chi connectivity index (χ0) is 17.1. The molecule has 24 heavy (non-hydrogen) atoms. The summed E-state index contributed by atoms with van der Waals surface area (Å²) in [6, 6.07) is 14.1. The zero-order valence-corrected chi connectivity index (χ0v) is 14.0. The number of nitrogens with zero attached hydrogens (tertiary/aromatic N) is 3. The van der Waals surface area contributed by atoms with E-state index in [1.807, 2.05) is 31.2 Å². The Labute approximate surface area is 142 Å².